The van der Waals surface area contributed by atoms with Crippen LogP contribution in [0.1, 0.15) is 42.3 Å². The molecule has 1 aliphatic rings. The van der Waals surface area contributed by atoms with Crippen molar-refractivity contribution in [3.05, 3.63) is 122 Å². The van der Waals surface area contributed by atoms with E-state index >= 15 is 0 Å². The fraction of sp³-hybridized carbons (Fsp3) is 0.207. The number of esters is 2. The molecule has 4 rings (SSSR count). The second kappa shape index (κ2) is 12.0. The first kappa shape index (κ1) is 27.1. The molecule has 0 spiro atoms. The average Bonchev–Trinajstić information content (AvgIpc) is 3.44. The van der Waals surface area contributed by atoms with Crippen LogP contribution in [0.4, 0.5) is 5.69 Å². The van der Waals surface area contributed by atoms with E-state index in [1.807, 2.05) is 30.3 Å². The third-order valence-electron chi connectivity index (χ3n) is 6.33. The number of nitro benzene ring substituents is 1. The van der Waals surface area contributed by atoms with Crippen LogP contribution in [0.5, 0.6) is 0 Å². The number of aromatic nitrogens is 2. The lowest BCUT2D eigenvalue weighted by Gasteiger charge is -2.30. The summed E-state index contributed by atoms with van der Waals surface area (Å²) in [4.78, 5) is 44.2. The van der Waals surface area contributed by atoms with Crippen molar-refractivity contribution in [1.29, 1.82) is 0 Å². The smallest absolute Gasteiger partial charge is 0.337 e. The molecular weight excluding hydrogens is 500 g/mol. The Morgan fingerprint density at radius 2 is 1.79 bits per heavy atom. The highest BCUT2D eigenvalue weighted by Crippen LogP contribution is 2.40. The molecule has 0 amide bonds. The predicted molar refractivity (Wildman–Crippen MR) is 144 cm³/mol. The molecule has 1 atom stereocenters. The normalized spacial score (nSPS) is 15.3. The molecule has 1 aliphatic heterocycles. The molecule has 2 N–H and O–H groups in total. The molecule has 2 aromatic carbocycles. The summed E-state index contributed by atoms with van der Waals surface area (Å²) in [7, 11) is 1.24. The third-order valence-corrected chi connectivity index (χ3v) is 6.33. The van der Waals surface area contributed by atoms with Crippen molar-refractivity contribution >= 4 is 23.7 Å². The summed E-state index contributed by atoms with van der Waals surface area (Å²) in [6, 6.07) is 13.8. The highest BCUT2D eigenvalue weighted by Gasteiger charge is 2.38. The predicted octanol–water partition coefficient (Wildman–Crippen LogP) is 4.57. The Labute approximate surface area is 225 Å². The van der Waals surface area contributed by atoms with Crippen LogP contribution >= 0.6 is 0 Å². The zero-order valence-electron chi connectivity index (χ0n) is 21.8. The highest BCUT2D eigenvalue weighted by atomic mass is 16.6. The van der Waals surface area contributed by atoms with Gasteiger partial charge in [-0.05, 0) is 36.6 Å². The van der Waals surface area contributed by atoms with E-state index in [0.717, 1.165) is 17.0 Å². The lowest BCUT2D eigenvalue weighted by Crippen LogP contribution is -2.32. The Bertz CT molecular complexity index is 1470. The quantitative estimate of drug-likeness (QED) is 0.234. The van der Waals surface area contributed by atoms with Crippen LogP contribution in [0.15, 0.2) is 89.5 Å². The summed E-state index contributed by atoms with van der Waals surface area (Å²) in [6.45, 7) is 3.37. The van der Waals surface area contributed by atoms with E-state index in [0.29, 0.717) is 23.4 Å². The standard InChI is InChI=1S/C29H28N4O6/c1-18-25(28(34)38-3)27(22-7-4-8-23(17-22)33(36)37)26(19(2)32-18)29(35)39-15-5-6-20-9-11-21(12-10-20)16-24-30-13-14-31-24/h4-14,17,27,32H,15-16H2,1-3H3,(H,30,31)/b6-5+. The lowest BCUT2D eigenvalue weighted by molar-refractivity contribution is -0.384. The van der Waals surface area contributed by atoms with Crippen LogP contribution in [0, 0.1) is 10.1 Å². The van der Waals surface area contributed by atoms with Gasteiger partial charge in [0.1, 0.15) is 12.4 Å². The van der Waals surface area contributed by atoms with Gasteiger partial charge in [-0.1, -0.05) is 42.5 Å². The number of methoxy groups -OCH3 is 1. The maximum Gasteiger partial charge on any atom is 0.337 e. The Morgan fingerprint density at radius 1 is 1.08 bits per heavy atom. The molecule has 1 unspecified atom stereocenters. The highest BCUT2D eigenvalue weighted by molar-refractivity contribution is 6.00. The first-order chi connectivity index (χ1) is 18.8. The van der Waals surface area contributed by atoms with Crippen LogP contribution in [-0.4, -0.2) is 40.5 Å². The van der Waals surface area contributed by atoms with Gasteiger partial charge in [0.25, 0.3) is 5.69 Å². The second-order valence-corrected chi connectivity index (χ2v) is 8.93. The summed E-state index contributed by atoms with van der Waals surface area (Å²) in [5.41, 5.74) is 3.62. The molecule has 0 saturated carbocycles. The van der Waals surface area contributed by atoms with Crippen molar-refractivity contribution in [3.63, 3.8) is 0 Å². The van der Waals surface area contributed by atoms with Gasteiger partial charge in [-0.25, -0.2) is 14.6 Å². The fourth-order valence-corrected chi connectivity index (χ4v) is 4.52. The monoisotopic (exact) mass is 528 g/mol. The molecule has 2 heterocycles. The maximum absolute atomic E-state index is 13.3. The molecule has 0 saturated heterocycles. The van der Waals surface area contributed by atoms with E-state index in [-0.39, 0.29) is 23.4 Å². The summed E-state index contributed by atoms with van der Waals surface area (Å²) >= 11 is 0. The van der Waals surface area contributed by atoms with Crippen molar-refractivity contribution in [2.45, 2.75) is 26.2 Å². The third kappa shape index (κ3) is 6.30. The SMILES string of the molecule is COC(=O)C1=C(C)NC(C)=C(C(=O)OC/C=C/c2ccc(Cc3ncc[nH]3)cc2)C1c1cccc([N+](=O)[O-])c1. The molecule has 3 aromatic rings. The molecular formula is C29H28N4O6. The molecule has 0 bridgehead atoms. The van der Waals surface area contributed by atoms with Gasteiger partial charge in [0, 0.05) is 42.3 Å². The van der Waals surface area contributed by atoms with Gasteiger partial charge in [-0.3, -0.25) is 10.1 Å². The Kier molecular flexibility index (Phi) is 8.35. The van der Waals surface area contributed by atoms with Crippen molar-refractivity contribution < 1.29 is 24.0 Å². The van der Waals surface area contributed by atoms with Gasteiger partial charge in [-0.15, -0.1) is 0 Å². The van der Waals surface area contributed by atoms with E-state index in [2.05, 4.69) is 15.3 Å². The van der Waals surface area contributed by atoms with E-state index in [1.165, 1.54) is 25.3 Å². The van der Waals surface area contributed by atoms with Crippen LogP contribution in [0.25, 0.3) is 6.08 Å². The van der Waals surface area contributed by atoms with Crippen LogP contribution in [0.2, 0.25) is 0 Å². The van der Waals surface area contributed by atoms with Crippen molar-refractivity contribution in [1.82, 2.24) is 15.3 Å². The number of benzene rings is 2. The zero-order chi connectivity index (χ0) is 27.9. The first-order valence-corrected chi connectivity index (χ1v) is 12.2. The number of imidazole rings is 1. The maximum atomic E-state index is 13.3. The van der Waals surface area contributed by atoms with Gasteiger partial charge in [-0.2, -0.15) is 0 Å². The van der Waals surface area contributed by atoms with Crippen LogP contribution in [0.3, 0.4) is 0 Å². The van der Waals surface area contributed by atoms with Crippen molar-refractivity contribution in [2.24, 2.45) is 0 Å². The molecule has 39 heavy (non-hydrogen) atoms. The number of hydrogen-bond acceptors (Lipinski definition) is 8. The molecule has 0 fully saturated rings. The van der Waals surface area contributed by atoms with Gasteiger partial charge in [0.2, 0.25) is 0 Å². The minimum atomic E-state index is -0.906. The van der Waals surface area contributed by atoms with Gasteiger partial charge in [0.05, 0.1) is 29.1 Å². The number of allylic oxidation sites excluding steroid dienone is 2. The average molecular weight is 529 g/mol. The molecule has 200 valence electrons. The minimum absolute atomic E-state index is 0.0122. The molecule has 10 heteroatoms. The number of dihydropyridines is 1. The van der Waals surface area contributed by atoms with E-state index in [4.69, 9.17) is 9.47 Å². The lowest BCUT2D eigenvalue weighted by atomic mass is 9.80. The topological polar surface area (TPSA) is 136 Å². The summed E-state index contributed by atoms with van der Waals surface area (Å²) < 4.78 is 10.5. The number of hydrogen-bond donors (Lipinski definition) is 2. The minimum Gasteiger partial charge on any atom is -0.466 e. The molecule has 10 nitrogen and oxygen atoms in total. The summed E-state index contributed by atoms with van der Waals surface area (Å²) in [6.07, 6.45) is 7.76. The number of carbonyl (C=O) groups excluding carboxylic acids is 2. The Balaban J connectivity index is 1.51. The number of nitrogens with one attached hydrogen (secondary N) is 2. The summed E-state index contributed by atoms with van der Waals surface area (Å²) in [5.74, 6) is -1.32. The van der Waals surface area contributed by atoms with E-state index in [1.54, 1.807) is 38.4 Å². The molecule has 0 aliphatic carbocycles. The largest absolute Gasteiger partial charge is 0.466 e. The van der Waals surface area contributed by atoms with Crippen molar-refractivity contribution in [3.8, 4) is 0 Å². The number of aromatic amines is 1. The van der Waals surface area contributed by atoms with Crippen molar-refractivity contribution in [2.75, 3.05) is 13.7 Å². The number of non-ortho nitro benzene ring substituents is 1. The van der Waals surface area contributed by atoms with E-state index < -0.39 is 22.8 Å². The molecule has 0 radical (unpaired) electrons. The Morgan fingerprint density at radius 3 is 2.44 bits per heavy atom. The Hall–Kier alpha value is -4.99. The van der Waals surface area contributed by atoms with E-state index in [9.17, 15) is 19.7 Å². The zero-order valence-corrected chi connectivity index (χ0v) is 21.8. The number of carbonyl (C=O) groups is 2. The molecule has 1 aromatic heterocycles. The van der Waals surface area contributed by atoms with Crippen LogP contribution < -0.4 is 5.32 Å². The number of nitrogens with zero attached hydrogens (tertiary/aromatic N) is 2. The number of H-pyrrole nitrogens is 1. The fourth-order valence-electron chi connectivity index (χ4n) is 4.52. The summed E-state index contributed by atoms with van der Waals surface area (Å²) in [5, 5.41) is 14.5. The first-order valence-electron chi connectivity index (χ1n) is 12.2. The second-order valence-electron chi connectivity index (χ2n) is 8.93. The van der Waals surface area contributed by atoms with Gasteiger partial charge >= 0.3 is 11.9 Å². The number of ether oxygens (including phenoxy) is 2. The number of rotatable bonds is 9. The number of nitro groups is 1. The van der Waals surface area contributed by atoms with Gasteiger partial charge in [0.15, 0.2) is 0 Å². The van der Waals surface area contributed by atoms with Crippen LogP contribution in [-0.2, 0) is 25.5 Å². The van der Waals surface area contributed by atoms with Gasteiger partial charge < -0.3 is 19.8 Å².